The third kappa shape index (κ3) is 4.06. The Bertz CT molecular complexity index is 1190. The Labute approximate surface area is 169 Å². The molecule has 0 bridgehead atoms. The highest BCUT2D eigenvalue weighted by molar-refractivity contribution is 6.14. The largest absolute Gasteiger partial charge is 0.320 e. The number of nitrogens with zero attached hydrogens (tertiary/aromatic N) is 1. The van der Waals surface area contributed by atoms with Crippen LogP contribution in [0.4, 0.5) is 5.69 Å². The van der Waals surface area contributed by atoms with E-state index in [4.69, 9.17) is 0 Å². The molecule has 0 aliphatic rings. The smallest absolute Gasteiger partial charge is 0.256 e. The molecular formula is C25H20N2O2. The van der Waals surface area contributed by atoms with Crippen LogP contribution < -0.4 is 5.32 Å². The first-order chi connectivity index (χ1) is 14.1. The molecule has 142 valence electrons. The van der Waals surface area contributed by atoms with Crippen molar-refractivity contribution in [3.8, 4) is 0 Å². The summed E-state index contributed by atoms with van der Waals surface area (Å²) in [6, 6.07) is 24.3. The number of hydrogen-bond donors (Lipinski definition) is 1. The summed E-state index contributed by atoms with van der Waals surface area (Å²) in [6.45, 7) is 1.91. The van der Waals surface area contributed by atoms with E-state index in [0.717, 1.165) is 16.5 Å². The highest BCUT2D eigenvalue weighted by Gasteiger charge is 2.18. The van der Waals surface area contributed by atoms with Gasteiger partial charge >= 0.3 is 0 Å². The van der Waals surface area contributed by atoms with E-state index < -0.39 is 0 Å². The van der Waals surface area contributed by atoms with Gasteiger partial charge in [-0.3, -0.25) is 14.6 Å². The van der Waals surface area contributed by atoms with Crippen molar-refractivity contribution >= 4 is 28.3 Å². The third-order valence-electron chi connectivity index (χ3n) is 4.81. The molecule has 0 atom stereocenters. The molecule has 1 heterocycles. The van der Waals surface area contributed by atoms with Crippen LogP contribution in [0.15, 0.2) is 85.1 Å². The lowest BCUT2D eigenvalue weighted by atomic mass is 9.96. The van der Waals surface area contributed by atoms with E-state index in [-0.39, 0.29) is 18.1 Å². The molecule has 0 aliphatic carbocycles. The van der Waals surface area contributed by atoms with E-state index in [2.05, 4.69) is 10.3 Å². The minimum absolute atomic E-state index is 0.0823. The molecule has 1 aromatic heterocycles. The number of Topliss-reactive ketones (excluding diaryl/α,β-unsaturated/α-hetero) is 1. The standard InChI is InChI=1S/C25H20N2O2/c1-17-12-13-20(21(15-17)23(28)16-18-7-3-2-4-8-18)25(29)27-22-11-5-9-19-10-6-14-26-24(19)22/h2-15H,16H2,1H3,(H,27,29). The zero-order valence-corrected chi connectivity index (χ0v) is 16.1. The number of hydrogen-bond acceptors (Lipinski definition) is 3. The summed E-state index contributed by atoms with van der Waals surface area (Å²) in [5.41, 5.74) is 3.99. The van der Waals surface area contributed by atoms with Gasteiger partial charge in [-0.1, -0.05) is 60.2 Å². The molecule has 3 aromatic carbocycles. The van der Waals surface area contributed by atoms with E-state index in [1.807, 2.05) is 73.7 Å². The normalized spacial score (nSPS) is 10.7. The second kappa shape index (κ2) is 8.07. The minimum Gasteiger partial charge on any atom is -0.320 e. The van der Waals surface area contributed by atoms with Crippen molar-refractivity contribution in [1.82, 2.24) is 4.98 Å². The first-order valence-electron chi connectivity index (χ1n) is 9.45. The maximum Gasteiger partial charge on any atom is 0.256 e. The average Bonchev–Trinajstić information content (AvgIpc) is 2.74. The number of fused-ring (bicyclic) bond motifs is 1. The molecule has 0 aliphatic heterocycles. The van der Waals surface area contributed by atoms with Gasteiger partial charge in [0.1, 0.15) is 0 Å². The summed E-state index contributed by atoms with van der Waals surface area (Å²) >= 11 is 0. The number of aryl methyl sites for hydroxylation is 1. The number of pyridine rings is 1. The second-order valence-corrected chi connectivity index (χ2v) is 6.97. The molecule has 29 heavy (non-hydrogen) atoms. The first kappa shape index (κ1) is 18.6. The minimum atomic E-state index is -0.320. The van der Waals surface area contributed by atoms with Crippen molar-refractivity contribution < 1.29 is 9.59 Å². The van der Waals surface area contributed by atoms with Crippen LogP contribution in [0.25, 0.3) is 10.9 Å². The van der Waals surface area contributed by atoms with Crippen LogP contribution in [0.3, 0.4) is 0 Å². The van der Waals surface area contributed by atoms with Crippen LogP contribution in [0.5, 0.6) is 0 Å². The molecular weight excluding hydrogens is 360 g/mol. The van der Waals surface area contributed by atoms with Crippen molar-refractivity contribution in [3.05, 3.63) is 107 Å². The number of anilines is 1. The van der Waals surface area contributed by atoms with Crippen LogP contribution in [0, 0.1) is 6.92 Å². The second-order valence-electron chi connectivity index (χ2n) is 6.97. The molecule has 4 rings (SSSR count). The predicted octanol–water partition coefficient (Wildman–Crippen LogP) is 5.22. The van der Waals surface area contributed by atoms with Crippen LogP contribution in [-0.4, -0.2) is 16.7 Å². The molecule has 0 fully saturated rings. The Hall–Kier alpha value is -3.79. The van der Waals surface area contributed by atoms with Gasteiger partial charge in [0.15, 0.2) is 5.78 Å². The van der Waals surface area contributed by atoms with Crippen molar-refractivity contribution in [2.75, 3.05) is 5.32 Å². The monoisotopic (exact) mass is 380 g/mol. The van der Waals surface area contributed by atoms with E-state index in [1.165, 1.54) is 0 Å². The van der Waals surface area contributed by atoms with Crippen LogP contribution in [0.2, 0.25) is 0 Å². The number of para-hydroxylation sites is 1. The van der Waals surface area contributed by atoms with E-state index in [0.29, 0.717) is 22.3 Å². The Morgan fingerprint density at radius 2 is 1.66 bits per heavy atom. The van der Waals surface area contributed by atoms with Crippen molar-refractivity contribution in [1.29, 1.82) is 0 Å². The quantitative estimate of drug-likeness (QED) is 0.483. The fourth-order valence-corrected chi connectivity index (χ4v) is 3.36. The Balaban J connectivity index is 1.66. The van der Waals surface area contributed by atoms with Gasteiger partial charge in [0.05, 0.1) is 16.8 Å². The molecule has 1 amide bonds. The number of benzene rings is 3. The van der Waals surface area contributed by atoms with Gasteiger partial charge < -0.3 is 5.32 Å². The van der Waals surface area contributed by atoms with Crippen LogP contribution in [0.1, 0.15) is 31.8 Å². The molecule has 1 N–H and O–H groups in total. The topological polar surface area (TPSA) is 59.1 Å². The first-order valence-corrected chi connectivity index (χ1v) is 9.45. The highest BCUT2D eigenvalue weighted by atomic mass is 16.2. The summed E-state index contributed by atoms with van der Waals surface area (Å²) in [5.74, 6) is -0.402. The zero-order valence-electron chi connectivity index (χ0n) is 16.1. The molecule has 4 nitrogen and oxygen atoms in total. The lowest BCUT2D eigenvalue weighted by Crippen LogP contribution is -2.18. The SMILES string of the molecule is Cc1ccc(C(=O)Nc2cccc3cccnc23)c(C(=O)Cc2ccccc2)c1. The lowest BCUT2D eigenvalue weighted by molar-refractivity contribution is 0.0972. The molecule has 0 spiro atoms. The lowest BCUT2D eigenvalue weighted by Gasteiger charge is -2.12. The predicted molar refractivity (Wildman–Crippen MR) is 115 cm³/mol. The highest BCUT2D eigenvalue weighted by Crippen LogP contribution is 2.23. The Morgan fingerprint density at radius 3 is 2.48 bits per heavy atom. The maximum atomic E-state index is 13.1. The summed E-state index contributed by atoms with van der Waals surface area (Å²) in [5, 5.41) is 3.87. The van der Waals surface area contributed by atoms with Crippen molar-refractivity contribution in [3.63, 3.8) is 0 Å². The number of aromatic nitrogens is 1. The van der Waals surface area contributed by atoms with Gasteiger partial charge in [-0.15, -0.1) is 0 Å². The number of carbonyl (C=O) groups excluding carboxylic acids is 2. The summed E-state index contributed by atoms with van der Waals surface area (Å²) in [6.07, 6.45) is 1.94. The number of carbonyl (C=O) groups is 2. The van der Waals surface area contributed by atoms with E-state index in [9.17, 15) is 9.59 Å². The number of nitrogens with one attached hydrogen (secondary N) is 1. The fraction of sp³-hybridized carbons (Fsp3) is 0.0800. The third-order valence-corrected chi connectivity index (χ3v) is 4.81. The Morgan fingerprint density at radius 1 is 0.862 bits per heavy atom. The summed E-state index contributed by atoms with van der Waals surface area (Å²) < 4.78 is 0. The van der Waals surface area contributed by atoms with Crippen LogP contribution >= 0.6 is 0 Å². The fourth-order valence-electron chi connectivity index (χ4n) is 3.36. The summed E-state index contributed by atoms with van der Waals surface area (Å²) in [4.78, 5) is 30.4. The van der Waals surface area contributed by atoms with Gasteiger partial charge in [0.2, 0.25) is 0 Å². The molecule has 0 unspecified atom stereocenters. The van der Waals surface area contributed by atoms with E-state index >= 15 is 0 Å². The van der Waals surface area contributed by atoms with Crippen molar-refractivity contribution in [2.24, 2.45) is 0 Å². The van der Waals surface area contributed by atoms with Gasteiger partial charge in [-0.25, -0.2) is 0 Å². The number of ketones is 1. The Kier molecular flexibility index (Phi) is 5.16. The molecule has 4 heteroatoms. The van der Waals surface area contributed by atoms with E-state index in [1.54, 1.807) is 18.3 Å². The van der Waals surface area contributed by atoms with Gasteiger partial charge in [-0.2, -0.15) is 0 Å². The molecule has 0 radical (unpaired) electrons. The van der Waals surface area contributed by atoms with Gasteiger partial charge in [0, 0.05) is 23.6 Å². The van der Waals surface area contributed by atoms with Crippen LogP contribution in [-0.2, 0) is 6.42 Å². The number of amides is 1. The number of rotatable bonds is 5. The molecule has 0 saturated heterocycles. The average molecular weight is 380 g/mol. The zero-order chi connectivity index (χ0) is 20.2. The molecule has 0 saturated carbocycles. The summed E-state index contributed by atoms with van der Waals surface area (Å²) in [7, 11) is 0. The van der Waals surface area contributed by atoms with Gasteiger partial charge in [0.25, 0.3) is 5.91 Å². The molecule has 4 aromatic rings. The maximum absolute atomic E-state index is 13.1. The van der Waals surface area contributed by atoms with Gasteiger partial charge in [-0.05, 0) is 36.8 Å². The van der Waals surface area contributed by atoms with Crippen molar-refractivity contribution in [2.45, 2.75) is 13.3 Å².